The number of aromatic amines is 1. The Morgan fingerprint density at radius 1 is 1.27 bits per heavy atom. The molecule has 1 aliphatic heterocycles. The molecule has 26 heavy (non-hydrogen) atoms. The van der Waals surface area contributed by atoms with Crippen LogP contribution >= 0.6 is 0 Å². The quantitative estimate of drug-likeness (QED) is 0.722. The molecule has 0 unspecified atom stereocenters. The van der Waals surface area contributed by atoms with Crippen LogP contribution in [-0.4, -0.2) is 56.1 Å². The van der Waals surface area contributed by atoms with E-state index in [-0.39, 0.29) is 11.6 Å². The zero-order chi connectivity index (χ0) is 17.8. The molecular weight excluding hydrogens is 332 g/mol. The second kappa shape index (κ2) is 5.52. The van der Waals surface area contributed by atoms with Crippen molar-refractivity contribution in [3.63, 3.8) is 0 Å². The summed E-state index contributed by atoms with van der Waals surface area (Å²) in [7, 11) is 3.74. The van der Waals surface area contributed by atoms with Crippen LogP contribution in [0, 0.1) is 0 Å². The summed E-state index contributed by atoms with van der Waals surface area (Å²) in [6.07, 6.45) is 4.87. The number of aryl methyl sites for hydroxylation is 3. The van der Waals surface area contributed by atoms with Crippen molar-refractivity contribution in [2.75, 3.05) is 29.9 Å². The van der Waals surface area contributed by atoms with Crippen LogP contribution in [0.2, 0.25) is 0 Å². The lowest BCUT2D eigenvalue weighted by atomic mass is 10.1. The second-order valence-corrected chi connectivity index (χ2v) is 7.09. The number of rotatable bonds is 3. The molecule has 5 rings (SSSR count). The Labute approximate surface area is 149 Å². The lowest BCUT2D eigenvalue weighted by molar-refractivity contribution is 0.484. The molecule has 2 aliphatic rings. The van der Waals surface area contributed by atoms with Crippen LogP contribution in [0.3, 0.4) is 0 Å². The van der Waals surface area contributed by atoms with E-state index in [2.05, 4.69) is 36.2 Å². The maximum Gasteiger partial charge on any atom is 0.263 e. The molecule has 9 heteroatoms. The van der Waals surface area contributed by atoms with Crippen molar-refractivity contribution in [3.8, 4) is 0 Å². The van der Waals surface area contributed by atoms with E-state index in [9.17, 15) is 4.79 Å². The van der Waals surface area contributed by atoms with Gasteiger partial charge in [-0.25, -0.2) is 0 Å². The highest BCUT2D eigenvalue weighted by Crippen LogP contribution is 2.27. The van der Waals surface area contributed by atoms with Crippen LogP contribution in [0.5, 0.6) is 0 Å². The molecule has 0 aromatic carbocycles. The lowest BCUT2D eigenvalue weighted by Crippen LogP contribution is -2.59. The van der Waals surface area contributed by atoms with Gasteiger partial charge in [0.2, 0.25) is 5.95 Å². The van der Waals surface area contributed by atoms with Gasteiger partial charge in [0, 0.05) is 27.2 Å². The molecule has 0 amide bonds. The van der Waals surface area contributed by atoms with Crippen LogP contribution in [0.25, 0.3) is 11.0 Å². The molecule has 1 aliphatic carbocycles. The summed E-state index contributed by atoms with van der Waals surface area (Å²) in [5.74, 6) is 1.51. The Morgan fingerprint density at radius 2 is 2.12 bits per heavy atom. The number of nitrogens with one attached hydrogen (secondary N) is 1. The third-order valence-corrected chi connectivity index (χ3v) is 5.46. The van der Waals surface area contributed by atoms with Crippen LogP contribution in [0.1, 0.15) is 17.7 Å². The minimum Gasteiger partial charge on any atom is -0.351 e. The van der Waals surface area contributed by atoms with Crippen molar-refractivity contribution in [2.24, 2.45) is 7.05 Å². The topological polar surface area (TPSA) is 95.8 Å². The Bertz CT molecular complexity index is 1050. The van der Waals surface area contributed by atoms with Gasteiger partial charge in [-0.2, -0.15) is 15.2 Å². The standard InChI is InChI=1S/C17H20N8O/c1-23(17-19-15-12(16(26)20-17)7-18-24(15)2)11-8-25(9-11)14-6-10-4-3-5-13(10)21-22-14/h6-7,11H,3-5,8-9H2,1-2H3,(H,19,20,26). The molecule has 4 heterocycles. The molecule has 3 aromatic heterocycles. The number of nitrogens with zero attached hydrogens (tertiary/aromatic N) is 7. The first-order valence-corrected chi connectivity index (χ1v) is 8.85. The van der Waals surface area contributed by atoms with Gasteiger partial charge in [0.05, 0.1) is 17.9 Å². The molecule has 0 bridgehead atoms. The Balaban J connectivity index is 1.34. The van der Waals surface area contributed by atoms with Gasteiger partial charge in [0.25, 0.3) is 5.56 Å². The van der Waals surface area contributed by atoms with Crippen LogP contribution in [-0.2, 0) is 19.9 Å². The second-order valence-electron chi connectivity index (χ2n) is 7.09. The number of fused-ring (bicyclic) bond motifs is 2. The summed E-state index contributed by atoms with van der Waals surface area (Å²) in [5, 5.41) is 13.4. The van der Waals surface area contributed by atoms with Crippen molar-refractivity contribution in [2.45, 2.75) is 25.3 Å². The van der Waals surface area contributed by atoms with Crippen molar-refractivity contribution in [1.29, 1.82) is 0 Å². The zero-order valence-corrected chi connectivity index (χ0v) is 14.8. The highest BCUT2D eigenvalue weighted by molar-refractivity contribution is 5.74. The zero-order valence-electron chi connectivity index (χ0n) is 14.8. The van der Waals surface area contributed by atoms with Crippen molar-refractivity contribution in [3.05, 3.63) is 33.9 Å². The highest BCUT2D eigenvalue weighted by Gasteiger charge is 2.33. The van der Waals surface area contributed by atoms with Crippen LogP contribution in [0.4, 0.5) is 11.8 Å². The first-order chi connectivity index (χ1) is 12.6. The van der Waals surface area contributed by atoms with Gasteiger partial charge in [0.1, 0.15) is 5.39 Å². The molecule has 0 saturated carbocycles. The maximum absolute atomic E-state index is 12.2. The van der Waals surface area contributed by atoms with E-state index in [0.717, 1.165) is 37.4 Å². The Kier molecular flexibility index (Phi) is 3.25. The molecule has 3 aromatic rings. The highest BCUT2D eigenvalue weighted by atomic mass is 16.1. The summed E-state index contributed by atoms with van der Waals surface area (Å²) in [5.41, 5.74) is 2.91. The SMILES string of the molecule is CN(c1nc2c(cnn2C)c(=O)[nH]1)C1CN(c2cc3c(nn2)CCC3)C1. The van der Waals surface area contributed by atoms with Crippen LogP contribution < -0.4 is 15.4 Å². The number of likely N-dealkylation sites (N-methyl/N-ethyl adjacent to an activating group) is 1. The average Bonchev–Trinajstić information content (AvgIpc) is 3.20. The molecular formula is C17H20N8O. The van der Waals surface area contributed by atoms with E-state index in [1.54, 1.807) is 17.9 Å². The van der Waals surface area contributed by atoms with E-state index in [4.69, 9.17) is 0 Å². The number of aromatic nitrogens is 6. The molecule has 0 radical (unpaired) electrons. The van der Waals surface area contributed by atoms with E-state index < -0.39 is 0 Å². The first-order valence-electron chi connectivity index (χ1n) is 8.85. The molecule has 0 atom stereocenters. The van der Waals surface area contributed by atoms with Gasteiger partial charge < -0.3 is 9.80 Å². The first kappa shape index (κ1) is 15.3. The molecule has 1 N–H and O–H groups in total. The monoisotopic (exact) mass is 352 g/mol. The predicted octanol–water partition coefficient (Wildman–Crippen LogP) is 0.260. The fraction of sp³-hybridized carbons (Fsp3) is 0.471. The smallest absolute Gasteiger partial charge is 0.263 e. The van der Waals surface area contributed by atoms with E-state index in [0.29, 0.717) is 17.0 Å². The summed E-state index contributed by atoms with van der Waals surface area (Å²) in [4.78, 5) is 23.9. The van der Waals surface area contributed by atoms with E-state index in [1.807, 2.05) is 11.9 Å². The number of anilines is 2. The van der Waals surface area contributed by atoms with Gasteiger partial charge >= 0.3 is 0 Å². The third-order valence-electron chi connectivity index (χ3n) is 5.46. The molecule has 9 nitrogen and oxygen atoms in total. The van der Waals surface area contributed by atoms with Crippen LogP contribution in [0.15, 0.2) is 17.1 Å². The fourth-order valence-corrected chi connectivity index (χ4v) is 3.72. The predicted molar refractivity (Wildman–Crippen MR) is 97.6 cm³/mol. The lowest BCUT2D eigenvalue weighted by Gasteiger charge is -2.44. The summed E-state index contributed by atoms with van der Waals surface area (Å²) in [6.45, 7) is 1.66. The summed E-state index contributed by atoms with van der Waals surface area (Å²) < 4.78 is 1.62. The normalized spacial score (nSPS) is 16.8. The molecule has 1 saturated heterocycles. The average molecular weight is 352 g/mol. The van der Waals surface area contributed by atoms with Crippen molar-refractivity contribution >= 4 is 22.8 Å². The minimum absolute atomic E-state index is 0.161. The van der Waals surface area contributed by atoms with Gasteiger partial charge in [-0.1, -0.05) is 0 Å². The summed E-state index contributed by atoms with van der Waals surface area (Å²) >= 11 is 0. The number of hydrogen-bond acceptors (Lipinski definition) is 7. The molecule has 0 spiro atoms. The third kappa shape index (κ3) is 2.27. The van der Waals surface area contributed by atoms with E-state index >= 15 is 0 Å². The summed E-state index contributed by atoms with van der Waals surface area (Å²) in [6, 6.07) is 2.44. The number of hydrogen-bond donors (Lipinski definition) is 1. The molecule has 134 valence electrons. The number of H-pyrrole nitrogens is 1. The Hall–Kier alpha value is -2.97. The fourth-order valence-electron chi connectivity index (χ4n) is 3.72. The molecule has 1 fully saturated rings. The minimum atomic E-state index is -0.161. The van der Waals surface area contributed by atoms with Gasteiger partial charge in [0.15, 0.2) is 11.5 Å². The van der Waals surface area contributed by atoms with E-state index in [1.165, 1.54) is 12.0 Å². The van der Waals surface area contributed by atoms with Crippen molar-refractivity contribution < 1.29 is 0 Å². The van der Waals surface area contributed by atoms with Gasteiger partial charge in [-0.05, 0) is 30.9 Å². The van der Waals surface area contributed by atoms with Gasteiger partial charge in [-0.15, -0.1) is 5.10 Å². The Morgan fingerprint density at radius 3 is 2.96 bits per heavy atom. The maximum atomic E-state index is 12.2. The van der Waals surface area contributed by atoms with Crippen molar-refractivity contribution in [1.82, 2.24) is 29.9 Å². The van der Waals surface area contributed by atoms with Gasteiger partial charge in [-0.3, -0.25) is 14.5 Å². The largest absolute Gasteiger partial charge is 0.351 e.